The van der Waals surface area contributed by atoms with Crippen molar-refractivity contribution in [2.24, 2.45) is 0 Å². The van der Waals surface area contributed by atoms with Crippen LogP contribution in [0.25, 0.3) is 0 Å². The summed E-state index contributed by atoms with van der Waals surface area (Å²) in [6.07, 6.45) is 7.40. The number of benzene rings is 2. The smallest absolute Gasteiger partial charge is 0.340 e. The van der Waals surface area contributed by atoms with E-state index in [9.17, 15) is 4.79 Å². The monoisotopic (exact) mass is 360 g/mol. The lowest BCUT2D eigenvalue weighted by molar-refractivity contribution is -0.144. The van der Waals surface area contributed by atoms with Gasteiger partial charge in [-0.3, -0.25) is 0 Å². The van der Waals surface area contributed by atoms with Gasteiger partial charge in [0.25, 0.3) is 0 Å². The second kappa shape index (κ2) is 6.06. The number of hydrogen-bond donors (Lipinski definition) is 2. The van der Waals surface area contributed by atoms with Crippen LogP contribution in [-0.2, 0) is 15.1 Å². The van der Waals surface area contributed by atoms with Gasteiger partial charge in [0.2, 0.25) is 0 Å². The summed E-state index contributed by atoms with van der Waals surface area (Å²) in [7, 11) is 0. The van der Waals surface area contributed by atoms with Crippen molar-refractivity contribution in [3.8, 4) is 11.5 Å². The molecule has 0 amide bonds. The van der Waals surface area contributed by atoms with E-state index in [2.05, 4.69) is 0 Å². The highest BCUT2D eigenvalue weighted by molar-refractivity contribution is 5.98. The van der Waals surface area contributed by atoms with E-state index in [1.54, 1.807) is 30.3 Å². The third-order valence-corrected chi connectivity index (χ3v) is 4.79. The summed E-state index contributed by atoms with van der Waals surface area (Å²) in [5.74, 6) is 0.711. The Labute approximate surface area is 157 Å². The first-order valence-corrected chi connectivity index (χ1v) is 8.72. The topological polar surface area (TPSA) is 87.6 Å². The highest BCUT2D eigenvalue weighted by atomic mass is 16.6. The van der Waals surface area contributed by atoms with Crippen LogP contribution in [0.1, 0.15) is 25.0 Å². The molecule has 2 aliphatic heterocycles. The van der Waals surface area contributed by atoms with Gasteiger partial charge < -0.3 is 20.9 Å². The van der Waals surface area contributed by atoms with E-state index in [4.69, 9.17) is 20.9 Å². The number of anilines is 2. The number of hydrogen-bond acceptors (Lipinski definition) is 5. The highest BCUT2D eigenvalue weighted by Crippen LogP contribution is 2.57. The molecular formula is C22H20N2O3. The Hall–Kier alpha value is -3.47. The highest BCUT2D eigenvalue weighted by Gasteiger charge is 2.53. The van der Waals surface area contributed by atoms with Gasteiger partial charge in [0.1, 0.15) is 11.5 Å². The van der Waals surface area contributed by atoms with Gasteiger partial charge in [0.05, 0.1) is 5.57 Å². The van der Waals surface area contributed by atoms with E-state index in [0.29, 0.717) is 28.4 Å². The summed E-state index contributed by atoms with van der Waals surface area (Å²) in [4.78, 5) is 12.8. The molecule has 0 aliphatic carbocycles. The Bertz CT molecular complexity index is 996. The number of fused-ring (bicyclic) bond motifs is 4. The minimum atomic E-state index is -1.11. The standard InChI is InChI=1S/C22H20N2O3/c1-3-5-15-16(6-4-2)22(27-21(15)25)17-9-7-13(23)11-19(17)26-20-12-14(24)8-10-18(20)22/h3-12H,23-24H2,1-2H3/b5-3-,6-4-. The Morgan fingerprint density at radius 3 is 1.96 bits per heavy atom. The van der Waals surface area contributed by atoms with Gasteiger partial charge in [0, 0.05) is 40.2 Å². The number of carbonyl (C=O) groups is 1. The molecule has 5 nitrogen and oxygen atoms in total. The molecule has 27 heavy (non-hydrogen) atoms. The number of carbonyl (C=O) groups excluding carboxylic acids is 1. The fourth-order valence-corrected chi connectivity index (χ4v) is 3.74. The number of esters is 1. The number of ether oxygens (including phenoxy) is 2. The van der Waals surface area contributed by atoms with Gasteiger partial charge in [0.15, 0.2) is 5.60 Å². The number of allylic oxidation sites excluding steroid dienone is 2. The van der Waals surface area contributed by atoms with E-state index in [1.165, 1.54) is 0 Å². The van der Waals surface area contributed by atoms with Crippen molar-refractivity contribution in [2.45, 2.75) is 19.4 Å². The van der Waals surface area contributed by atoms with E-state index in [-0.39, 0.29) is 5.97 Å². The zero-order valence-electron chi connectivity index (χ0n) is 15.2. The third kappa shape index (κ3) is 2.35. The molecule has 136 valence electrons. The molecule has 4 rings (SSSR count). The summed E-state index contributed by atoms with van der Waals surface area (Å²) in [6.45, 7) is 3.77. The molecule has 1 spiro atoms. The molecule has 0 saturated carbocycles. The molecule has 4 N–H and O–H groups in total. The lowest BCUT2D eigenvalue weighted by Gasteiger charge is -2.37. The predicted molar refractivity (Wildman–Crippen MR) is 105 cm³/mol. The Morgan fingerprint density at radius 1 is 0.889 bits per heavy atom. The SMILES string of the molecule is C/C=C\C1=C(/C=C\C)C2(OC1=O)c1ccc(N)cc1Oc1cc(N)ccc12. The summed E-state index contributed by atoms with van der Waals surface area (Å²) >= 11 is 0. The van der Waals surface area contributed by atoms with Crippen molar-refractivity contribution < 1.29 is 14.3 Å². The van der Waals surface area contributed by atoms with Crippen LogP contribution in [0.4, 0.5) is 11.4 Å². The van der Waals surface area contributed by atoms with Gasteiger partial charge in [-0.1, -0.05) is 24.3 Å². The van der Waals surface area contributed by atoms with Crippen molar-refractivity contribution in [1.29, 1.82) is 0 Å². The fraction of sp³-hybridized carbons (Fsp3) is 0.136. The number of nitrogen functional groups attached to an aromatic ring is 2. The lowest BCUT2D eigenvalue weighted by atomic mass is 9.76. The van der Waals surface area contributed by atoms with Crippen molar-refractivity contribution in [1.82, 2.24) is 0 Å². The Kier molecular flexibility index (Phi) is 3.81. The molecular weight excluding hydrogens is 340 g/mol. The Balaban J connectivity index is 2.12. The molecule has 0 fully saturated rings. The summed E-state index contributed by atoms with van der Waals surface area (Å²) in [5.41, 5.74) is 14.7. The first kappa shape index (κ1) is 17.0. The number of nitrogens with two attached hydrogens (primary N) is 2. The van der Waals surface area contributed by atoms with Crippen LogP contribution in [0.5, 0.6) is 11.5 Å². The average Bonchev–Trinajstić information content (AvgIpc) is 2.88. The van der Waals surface area contributed by atoms with E-state index < -0.39 is 5.60 Å². The van der Waals surface area contributed by atoms with Crippen molar-refractivity contribution in [3.63, 3.8) is 0 Å². The molecule has 5 heteroatoms. The van der Waals surface area contributed by atoms with Gasteiger partial charge in [-0.2, -0.15) is 0 Å². The second-order valence-electron chi connectivity index (χ2n) is 6.51. The second-order valence-corrected chi connectivity index (χ2v) is 6.51. The number of rotatable bonds is 2. The molecule has 0 aromatic heterocycles. The zero-order chi connectivity index (χ0) is 19.2. The molecule has 2 aliphatic rings. The largest absolute Gasteiger partial charge is 0.456 e. The third-order valence-electron chi connectivity index (χ3n) is 4.79. The maximum Gasteiger partial charge on any atom is 0.340 e. The van der Waals surface area contributed by atoms with Crippen LogP contribution in [0, 0.1) is 0 Å². The maximum absolute atomic E-state index is 12.8. The zero-order valence-corrected chi connectivity index (χ0v) is 15.2. The first-order valence-electron chi connectivity index (χ1n) is 8.72. The Morgan fingerprint density at radius 2 is 1.44 bits per heavy atom. The minimum absolute atomic E-state index is 0.381. The molecule has 2 aromatic rings. The molecule has 0 radical (unpaired) electrons. The molecule has 0 bridgehead atoms. The average molecular weight is 360 g/mol. The van der Waals surface area contributed by atoms with E-state index >= 15 is 0 Å². The van der Waals surface area contributed by atoms with Gasteiger partial charge in [-0.15, -0.1) is 0 Å². The summed E-state index contributed by atoms with van der Waals surface area (Å²) in [5, 5.41) is 0. The van der Waals surface area contributed by atoms with E-state index in [0.717, 1.165) is 16.7 Å². The van der Waals surface area contributed by atoms with Crippen molar-refractivity contribution in [3.05, 3.63) is 83.0 Å². The normalized spacial score (nSPS) is 17.3. The minimum Gasteiger partial charge on any atom is -0.456 e. The van der Waals surface area contributed by atoms with Gasteiger partial charge >= 0.3 is 5.97 Å². The lowest BCUT2D eigenvalue weighted by Crippen LogP contribution is -2.34. The maximum atomic E-state index is 12.8. The molecule has 0 unspecified atom stereocenters. The molecule has 0 saturated heterocycles. The van der Waals surface area contributed by atoms with Crippen molar-refractivity contribution in [2.75, 3.05) is 11.5 Å². The van der Waals surface area contributed by atoms with Crippen LogP contribution in [0.2, 0.25) is 0 Å². The van der Waals surface area contributed by atoms with Gasteiger partial charge in [-0.25, -0.2) is 4.79 Å². The van der Waals surface area contributed by atoms with Crippen LogP contribution < -0.4 is 16.2 Å². The summed E-state index contributed by atoms with van der Waals surface area (Å²) < 4.78 is 12.1. The molecule has 0 atom stereocenters. The molecule has 2 aromatic carbocycles. The predicted octanol–water partition coefficient (Wildman–Crippen LogP) is 4.21. The first-order chi connectivity index (χ1) is 13.0. The van der Waals surface area contributed by atoms with Crippen LogP contribution in [0.3, 0.4) is 0 Å². The fourth-order valence-electron chi connectivity index (χ4n) is 3.74. The van der Waals surface area contributed by atoms with Crippen molar-refractivity contribution >= 4 is 17.3 Å². The van der Waals surface area contributed by atoms with E-state index in [1.807, 2.05) is 44.2 Å². The quantitative estimate of drug-likeness (QED) is 0.619. The molecule has 2 heterocycles. The van der Waals surface area contributed by atoms with Crippen LogP contribution >= 0.6 is 0 Å². The van der Waals surface area contributed by atoms with Crippen LogP contribution in [-0.4, -0.2) is 5.97 Å². The van der Waals surface area contributed by atoms with Gasteiger partial charge in [-0.05, 0) is 38.1 Å². The summed E-state index contributed by atoms with van der Waals surface area (Å²) in [6, 6.07) is 10.7. The van der Waals surface area contributed by atoms with Crippen LogP contribution in [0.15, 0.2) is 71.8 Å².